The zero-order valence-corrected chi connectivity index (χ0v) is 9.69. The molecule has 0 aliphatic heterocycles. The molecule has 88 valence electrons. The lowest BCUT2D eigenvalue weighted by atomic mass is 10.3. The van der Waals surface area contributed by atoms with Crippen LogP contribution in [0.4, 0.5) is 0 Å². The third-order valence-electron chi connectivity index (χ3n) is 2.16. The van der Waals surface area contributed by atoms with E-state index in [2.05, 4.69) is 44.5 Å². The van der Waals surface area contributed by atoms with E-state index in [0.717, 1.165) is 19.4 Å². The van der Waals surface area contributed by atoms with E-state index in [0.29, 0.717) is 11.5 Å². The Balaban J connectivity index is 1.99. The second kappa shape index (κ2) is 5.83. The molecule has 2 aromatic heterocycles. The molecule has 6 nitrogen and oxygen atoms in total. The quantitative estimate of drug-likeness (QED) is 0.728. The van der Waals surface area contributed by atoms with Gasteiger partial charge < -0.3 is 0 Å². The summed E-state index contributed by atoms with van der Waals surface area (Å²) in [6, 6.07) is 1.76. The highest BCUT2D eigenvalue weighted by Crippen LogP contribution is 2.07. The molecular formula is C11H14N6. The number of rotatable bonds is 5. The zero-order valence-electron chi connectivity index (χ0n) is 9.69. The summed E-state index contributed by atoms with van der Waals surface area (Å²) in [6.45, 7) is 2.84. The molecule has 6 heteroatoms. The second-order valence-corrected chi connectivity index (χ2v) is 3.47. The smallest absolute Gasteiger partial charge is 0.223 e. The third kappa shape index (κ3) is 3.17. The Labute approximate surface area is 99.4 Å². The fourth-order valence-electron chi connectivity index (χ4n) is 1.34. The lowest BCUT2D eigenvalue weighted by molar-refractivity contribution is 0.528. The van der Waals surface area contributed by atoms with Crippen LogP contribution in [0.1, 0.15) is 19.8 Å². The van der Waals surface area contributed by atoms with Gasteiger partial charge in [-0.25, -0.2) is 9.97 Å². The van der Waals surface area contributed by atoms with Crippen molar-refractivity contribution in [1.29, 1.82) is 0 Å². The molecule has 0 aliphatic rings. The molecule has 2 heterocycles. The number of hydrogen-bond acceptors (Lipinski definition) is 5. The van der Waals surface area contributed by atoms with E-state index >= 15 is 0 Å². The fourth-order valence-corrected chi connectivity index (χ4v) is 1.34. The first-order valence-electron chi connectivity index (χ1n) is 5.59. The minimum atomic E-state index is 0.534. The fraction of sp³-hybridized carbons (Fsp3) is 0.364. The average molecular weight is 230 g/mol. The van der Waals surface area contributed by atoms with Crippen LogP contribution in [0.25, 0.3) is 11.5 Å². The van der Waals surface area contributed by atoms with E-state index in [-0.39, 0.29) is 0 Å². The summed E-state index contributed by atoms with van der Waals surface area (Å²) in [6.07, 6.45) is 9.34. The number of nitrogens with zero attached hydrogens (tertiary/aromatic N) is 6. The molecule has 17 heavy (non-hydrogen) atoms. The maximum absolute atomic E-state index is 4.25. The van der Waals surface area contributed by atoms with Crippen LogP contribution in [0.3, 0.4) is 0 Å². The first-order chi connectivity index (χ1) is 8.40. The SMILES string of the molecule is CCC=CCCn1nnc(-c2ccncn2)n1. The Morgan fingerprint density at radius 2 is 2.29 bits per heavy atom. The van der Waals surface area contributed by atoms with Crippen LogP contribution in [-0.4, -0.2) is 30.2 Å². The lowest BCUT2D eigenvalue weighted by Gasteiger charge is -1.93. The van der Waals surface area contributed by atoms with Crippen molar-refractivity contribution in [1.82, 2.24) is 30.2 Å². The van der Waals surface area contributed by atoms with Crippen LogP contribution in [0.2, 0.25) is 0 Å². The van der Waals surface area contributed by atoms with Crippen LogP contribution in [0.15, 0.2) is 30.7 Å². The second-order valence-electron chi connectivity index (χ2n) is 3.47. The summed E-state index contributed by atoms with van der Waals surface area (Å²) in [5, 5.41) is 12.2. The summed E-state index contributed by atoms with van der Waals surface area (Å²) in [5.41, 5.74) is 0.690. The van der Waals surface area contributed by atoms with Gasteiger partial charge in [-0.1, -0.05) is 19.1 Å². The van der Waals surface area contributed by atoms with E-state index in [9.17, 15) is 0 Å². The molecule has 0 N–H and O–H groups in total. The van der Waals surface area contributed by atoms with Crippen molar-refractivity contribution >= 4 is 0 Å². The number of hydrogen-bond donors (Lipinski definition) is 0. The molecule has 0 radical (unpaired) electrons. The summed E-state index contributed by atoms with van der Waals surface area (Å²) in [7, 11) is 0. The van der Waals surface area contributed by atoms with Gasteiger partial charge in [0.2, 0.25) is 5.82 Å². The number of allylic oxidation sites excluding steroid dienone is 2. The van der Waals surface area contributed by atoms with E-state index in [4.69, 9.17) is 0 Å². The van der Waals surface area contributed by atoms with Crippen LogP contribution in [0.5, 0.6) is 0 Å². The lowest BCUT2D eigenvalue weighted by Crippen LogP contribution is -2.01. The highest BCUT2D eigenvalue weighted by Gasteiger charge is 2.05. The van der Waals surface area contributed by atoms with Crippen molar-refractivity contribution in [3.8, 4) is 11.5 Å². The molecule has 0 spiro atoms. The van der Waals surface area contributed by atoms with Gasteiger partial charge in [0, 0.05) is 6.20 Å². The van der Waals surface area contributed by atoms with E-state index in [1.807, 2.05) is 0 Å². The van der Waals surface area contributed by atoms with Gasteiger partial charge in [-0.3, -0.25) is 0 Å². The van der Waals surface area contributed by atoms with Gasteiger partial charge in [-0.15, -0.1) is 10.2 Å². The molecule has 2 aromatic rings. The molecular weight excluding hydrogens is 216 g/mol. The van der Waals surface area contributed by atoms with Crippen molar-refractivity contribution in [2.24, 2.45) is 0 Å². The Morgan fingerprint density at radius 1 is 1.35 bits per heavy atom. The van der Waals surface area contributed by atoms with E-state index in [1.54, 1.807) is 17.1 Å². The van der Waals surface area contributed by atoms with Crippen LogP contribution in [-0.2, 0) is 6.54 Å². The monoisotopic (exact) mass is 230 g/mol. The topological polar surface area (TPSA) is 69.4 Å². The third-order valence-corrected chi connectivity index (χ3v) is 2.16. The summed E-state index contributed by atoms with van der Waals surface area (Å²) >= 11 is 0. The number of tetrazole rings is 1. The molecule has 0 aromatic carbocycles. The Bertz CT molecular complexity index is 476. The molecule has 0 bridgehead atoms. The molecule has 2 rings (SSSR count). The molecule has 0 saturated carbocycles. The summed E-state index contributed by atoms with van der Waals surface area (Å²) < 4.78 is 0. The molecule has 0 fully saturated rings. The van der Waals surface area contributed by atoms with E-state index in [1.165, 1.54) is 6.33 Å². The molecule has 0 saturated heterocycles. The van der Waals surface area contributed by atoms with Crippen molar-refractivity contribution in [2.45, 2.75) is 26.3 Å². The minimum Gasteiger partial charge on any atom is -0.245 e. The van der Waals surface area contributed by atoms with Gasteiger partial charge in [0.05, 0.1) is 6.54 Å². The Morgan fingerprint density at radius 3 is 3.06 bits per heavy atom. The predicted molar refractivity (Wildman–Crippen MR) is 62.9 cm³/mol. The summed E-state index contributed by atoms with van der Waals surface area (Å²) in [4.78, 5) is 9.49. The molecule has 0 aliphatic carbocycles. The predicted octanol–water partition coefficient (Wildman–Crippen LogP) is 1.49. The van der Waals surface area contributed by atoms with Crippen molar-refractivity contribution in [2.75, 3.05) is 0 Å². The minimum absolute atomic E-state index is 0.534. The van der Waals surface area contributed by atoms with Gasteiger partial charge >= 0.3 is 0 Å². The number of aryl methyl sites for hydroxylation is 1. The first-order valence-corrected chi connectivity index (χ1v) is 5.59. The Hall–Kier alpha value is -2.11. The van der Waals surface area contributed by atoms with Crippen LogP contribution >= 0.6 is 0 Å². The highest BCUT2D eigenvalue weighted by atomic mass is 15.6. The maximum Gasteiger partial charge on any atom is 0.223 e. The van der Waals surface area contributed by atoms with Crippen LogP contribution in [0, 0.1) is 0 Å². The summed E-state index contributed by atoms with van der Waals surface area (Å²) in [5.74, 6) is 0.534. The largest absolute Gasteiger partial charge is 0.245 e. The normalized spacial score (nSPS) is 11.1. The van der Waals surface area contributed by atoms with Crippen molar-refractivity contribution in [3.63, 3.8) is 0 Å². The van der Waals surface area contributed by atoms with E-state index < -0.39 is 0 Å². The van der Waals surface area contributed by atoms with Gasteiger partial charge in [0.25, 0.3) is 0 Å². The Kier molecular flexibility index (Phi) is 3.90. The molecule has 0 unspecified atom stereocenters. The van der Waals surface area contributed by atoms with Gasteiger partial charge in [0.1, 0.15) is 12.0 Å². The zero-order chi connectivity index (χ0) is 11.9. The molecule has 0 amide bonds. The van der Waals surface area contributed by atoms with Gasteiger partial charge in [-0.05, 0) is 24.1 Å². The van der Waals surface area contributed by atoms with Gasteiger partial charge in [0.15, 0.2) is 0 Å². The van der Waals surface area contributed by atoms with Gasteiger partial charge in [-0.2, -0.15) is 4.80 Å². The van der Waals surface area contributed by atoms with Crippen molar-refractivity contribution < 1.29 is 0 Å². The highest BCUT2D eigenvalue weighted by molar-refractivity contribution is 5.45. The molecule has 0 atom stereocenters. The maximum atomic E-state index is 4.25. The first kappa shape index (κ1) is 11.4. The standard InChI is InChI=1S/C11H14N6/c1-2-3-4-5-8-17-15-11(14-16-17)10-6-7-12-9-13-10/h3-4,6-7,9H,2,5,8H2,1H3. The van der Waals surface area contributed by atoms with Crippen molar-refractivity contribution in [3.05, 3.63) is 30.7 Å². The number of aromatic nitrogens is 6. The van der Waals surface area contributed by atoms with Crippen LogP contribution < -0.4 is 0 Å². The average Bonchev–Trinajstić information content (AvgIpc) is 2.85.